The number of benzene rings is 1. The minimum absolute atomic E-state index is 0.0184. The lowest BCUT2D eigenvalue weighted by atomic mass is 10.1. The lowest BCUT2D eigenvalue weighted by Crippen LogP contribution is -2.32. The molecule has 0 bridgehead atoms. The average molecular weight is 285 g/mol. The van der Waals surface area contributed by atoms with Crippen LogP contribution in [0.2, 0.25) is 0 Å². The maximum absolute atomic E-state index is 11.9. The molecule has 3 N–H and O–H groups in total. The number of nitrogens with one attached hydrogen (secondary N) is 3. The molecule has 1 aliphatic rings. The molecule has 2 amide bonds. The molecule has 5 heteroatoms. The van der Waals surface area contributed by atoms with Crippen LogP contribution in [-0.4, -0.2) is 29.4 Å². The van der Waals surface area contributed by atoms with Gasteiger partial charge in [0.1, 0.15) is 0 Å². The van der Waals surface area contributed by atoms with E-state index in [2.05, 4.69) is 15.6 Å². The summed E-state index contributed by atoms with van der Waals surface area (Å²) >= 11 is 0. The van der Waals surface area contributed by atoms with E-state index in [4.69, 9.17) is 0 Å². The minimum atomic E-state index is -0.0565. The molecule has 1 heterocycles. The second-order valence-corrected chi connectivity index (χ2v) is 5.48. The third-order valence-electron chi connectivity index (χ3n) is 3.64. The molecule has 0 atom stereocenters. The van der Waals surface area contributed by atoms with Gasteiger partial charge in [-0.05, 0) is 24.5 Å². The molecular weight excluding hydrogens is 266 g/mol. The van der Waals surface area contributed by atoms with Gasteiger partial charge in [-0.1, -0.05) is 18.2 Å². The maximum Gasteiger partial charge on any atom is 0.224 e. The number of fused-ring (bicyclic) bond motifs is 1. The first-order valence-corrected chi connectivity index (χ1v) is 7.33. The summed E-state index contributed by atoms with van der Waals surface area (Å²) in [6.45, 7) is 0.389. The summed E-state index contributed by atoms with van der Waals surface area (Å²) in [5, 5.41) is 6.77. The highest BCUT2D eigenvalue weighted by molar-refractivity contribution is 5.89. The Morgan fingerprint density at radius 2 is 2.00 bits per heavy atom. The van der Waals surface area contributed by atoms with Gasteiger partial charge < -0.3 is 15.6 Å². The highest BCUT2D eigenvalue weighted by Crippen LogP contribution is 2.19. The Bertz CT molecular complexity index is 658. The molecule has 5 nitrogen and oxygen atoms in total. The van der Waals surface area contributed by atoms with E-state index >= 15 is 0 Å². The molecule has 0 radical (unpaired) electrons. The van der Waals surface area contributed by atoms with Gasteiger partial charge in [0, 0.05) is 36.1 Å². The number of para-hydroxylation sites is 1. The predicted octanol–water partition coefficient (Wildman–Crippen LogP) is 1.50. The number of H-pyrrole nitrogens is 1. The number of carbonyl (C=O) groups excluding carboxylic acids is 2. The molecule has 21 heavy (non-hydrogen) atoms. The van der Waals surface area contributed by atoms with Crippen molar-refractivity contribution in [2.45, 2.75) is 31.7 Å². The molecule has 3 rings (SSSR count). The van der Waals surface area contributed by atoms with E-state index in [0.717, 1.165) is 29.3 Å². The molecule has 1 saturated carbocycles. The normalized spacial score (nSPS) is 14.1. The number of amides is 2. The quantitative estimate of drug-likeness (QED) is 0.752. The Morgan fingerprint density at radius 1 is 1.19 bits per heavy atom. The van der Waals surface area contributed by atoms with Gasteiger partial charge in [0.25, 0.3) is 0 Å². The van der Waals surface area contributed by atoms with Crippen molar-refractivity contribution in [2.24, 2.45) is 0 Å². The van der Waals surface area contributed by atoms with E-state index in [1.165, 1.54) is 0 Å². The van der Waals surface area contributed by atoms with E-state index < -0.39 is 0 Å². The molecule has 1 aliphatic carbocycles. The smallest absolute Gasteiger partial charge is 0.224 e. The van der Waals surface area contributed by atoms with Crippen molar-refractivity contribution in [1.82, 2.24) is 15.6 Å². The largest absolute Gasteiger partial charge is 0.361 e. The van der Waals surface area contributed by atoms with E-state index in [1.807, 2.05) is 30.5 Å². The number of hydrogen-bond donors (Lipinski definition) is 3. The van der Waals surface area contributed by atoms with Crippen molar-refractivity contribution in [3.05, 3.63) is 36.0 Å². The van der Waals surface area contributed by atoms with Gasteiger partial charge in [0.15, 0.2) is 0 Å². The topological polar surface area (TPSA) is 74.0 Å². The van der Waals surface area contributed by atoms with Crippen molar-refractivity contribution in [1.29, 1.82) is 0 Å². The fraction of sp³-hybridized carbons (Fsp3) is 0.375. The van der Waals surface area contributed by atoms with E-state index in [0.29, 0.717) is 25.4 Å². The van der Waals surface area contributed by atoms with Crippen LogP contribution in [0.3, 0.4) is 0 Å². The molecule has 110 valence electrons. The first-order chi connectivity index (χ1) is 10.2. The fourth-order valence-corrected chi connectivity index (χ4v) is 2.36. The second-order valence-electron chi connectivity index (χ2n) is 5.48. The number of aromatic amines is 1. The lowest BCUT2D eigenvalue weighted by molar-refractivity contribution is -0.122. The lowest BCUT2D eigenvalue weighted by Gasteiger charge is -2.05. The molecule has 0 unspecified atom stereocenters. The highest BCUT2D eigenvalue weighted by Gasteiger charge is 2.22. The van der Waals surface area contributed by atoms with Crippen LogP contribution in [-0.2, 0) is 16.0 Å². The third kappa shape index (κ3) is 3.62. The number of hydrogen-bond acceptors (Lipinski definition) is 2. The van der Waals surface area contributed by atoms with E-state index in [-0.39, 0.29) is 11.8 Å². The van der Waals surface area contributed by atoms with Crippen LogP contribution in [0.1, 0.15) is 24.8 Å². The Labute approximate surface area is 123 Å². The zero-order valence-corrected chi connectivity index (χ0v) is 11.8. The van der Waals surface area contributed by atoms with Crippen LogP contribution < -0.4 is 10.6 Å². The van der Waals surface area contributed by atoms with Gasteiger partial charge in [-0.15, -0.1) is 0 Å². The highest BCUT2D eigenvalue weighted by atomic mass is 16.2. The minimum Gasteiger partial charge on any atom is -0.361 e. The van der Waals surface area contributed by atoms with Gasteiger partial charge >= 0.3 is 0 Å². The van der Waals surface area contributed by atoms with E-state index in [1.54, 1.807) is 0 Å². The standard InChI is InChI=1S/C16H19N3O2/c20-15(19-12-5-6-12)7-8-17-16(21)9-11-10-18-14-4-2-1-3-13(11)14/h1-4,10,12,18H,5-9H2,(H,17,21)(H,19,20). The summed E-state index contributed by atoms with van der Waals surface area (Å²) in [5.74, 6) is -0.0381. The van der Waals surface area contributed by atoms with Crippen molar-refractivity contribution in [2.75, 3.05) is 6.54 Å². The Hall–Kier alpha value is -2.30. The van der Waals surface area contributed by atoms with Gasteiger partial charge in [-0.25, -0.2) is 0 Å². The van der Waals surface area contributed by atoms with Crippen LogP contribution in [0.25, 0.3) is 10.9 Å². The average Bonchev–Trinajstić information content (AvgIpc) is 3.19. The maximum atomic E-state index is 11.9. The number of carbonyl (C=O) groups is 2. The summed E-state index contributed by atoms with van der Waals surface area (Å²) in [7, 11) is 0. The molecule has 1 aromatic carbocycles. The van der Waals surface area contributed by atoms with Gasteiger partial charge in [-0.3, -0.25) is 9.59 Å². The van der Waals surface area contributed by atoms with Crippen molar-refractivity contribution in [3.8, 4) is 0 Å². The summed E-state index contributed by atoms with van der Waals surface area (Å²) in [6.07, 6.45) is 4.70. The number of aromatic nitrogens is 1. The first-order valence-electron chi connectivity index (χ1n) is 7.33. The Morgan fingerprint density at radius 3 is 2.81 bits per heavy atom. The second kappa shape index (κ2) is 5.99. The van der Waals surface area contributed by atoms with Crippen molar-refractivity contribution >= 4 is 22.7 Å². The van der Waals surface area contributed by atoms with Crippen molar-refractivity contribution in [3.63, 3.8) is 0 Å². The monoisotopic (exact) mass is 285 g/mol. The summed E-state index contributed by atoms with van der Waals surface area (Å²) in [5.41, 5.74) is 2.01. The number of rotatable bonds is 6. The van der Waals surface area contributed by atoms with Crippen LogP contribution in [0.5, 0.6) is 0 Å². The van der Waals surface area contributed by atoms with Crippen molar-refractivity contribution < 1.29 is 9.59 Å². The molecule has 1 aromatic heterocycles. The summed E-state index contributed by atoms with van der Waals surface area (Å²) in [4.78, 5) is 26.6. The van der Waals surface area contributed by atoms with Crippen LogP contribution in [0.15, 0.2) is 30.5 Å². The Kier molecular flexibility index (Phi) is 3.90. The van der Waals surface area contributed by atoms with Crippen LogP contribution >= 0.6 is 0 Å². The molecule has 0 saturated heterocycles. The first kappa shape index (κ1) is 13.7. The molecule has 0 spiro atoms. The van der Waals surface area contributed by atoms with Gasteiger partial charge in [0.05, 0.1) is 6.42 Å². The third-order valence-corrected chi connectivity index (χ3v) is 3.64. The molecular formula is C16H19N3O2. The van der Waals surface area contributed by atoms with Gasteiger partial charge in [0.2, 0.25) is 11.8 Å². The van der Waals surface area contributed by atoms with Crippen LogP contribution in [0.4, 0.5) is 0 Å². The Balaban J connectivity index is 1.46. The summed E-state index contributed by atoms with van der Waals surface area (Å²) < 4.78 is 0. The molecule has 0 aliphatic heterocycles. The van der Waals surface area contributed by atoms with Gasteiger partial charge in [-0.2, -0.15) is 0 Å². The zero-order chi connectivity index (χ0) is 14.7. The molecule has 2 aromatic rings. The van der Waals surface area contributed by atoms with E-state index in [9.17, 15) is 9.59 Å². The van der Waals surface area contributed by atoms with Crippen LogP contribution in [0, 0.1) is 0 Å². The predicted molar refractivity (Wildman–Crippen MR) is 80.8 cm³/mol. The zero-order valence-electron chi connectivity index (χ0n) is 11.8. The fourth-order valence-electron chi connectivity index (χ4n) is 2.36. The SMILES string of the molecule is O=C(Cc1c[nH]c2ccccc12)NCCC(=O)NC1CC1. The molecule has 1 fully saturated rings. The summed E-state index contributed by atoms with van der Waals surface area (Å²) in [6, 6.07) is 8.27.